The van der Waals surface area contributed by atoms with Crippen molar-refractivity contribution in [2.75, 3.05) is 11.9 Å². The van der Waals surface area contributed by atoms with E-state index in [2.05, 4.69) is 15.8 Å². The largest absolute Gasteiger partial charge is 0.361 e. The summed E-state index contributed by atoms with van der Waals surface area (Å²) in [5.74, 6) is 0.622. The number of nitrogens with zero attached hydrogens (tertiary/aromatic N) is 1. The molecule has 0 radical (unpaired) electrons. The predicted molar refractivity (Wildman–Crippen MR) is 77.8 cm³/mol. The van der Waals surface area contributed by atoms with Gasteiger partial charge in [0.25, 0.3) is 0 Å². The topological polar surface area (TPSA) is 67.2 Å². The van der Waals surface area contributed by atoms with Crippen LogP contribution < -0.4 is 10.6 Å². The van der Waals surface area contributed by atoms with Crippen molar-refractivity contribution in [1.82, 2.24) is 10.5 Å². The Bertz CT molecular complexity index is 610. The molecule has 0 fully saturated rings. The maximum Gasteiger partial charge on any atom is 0.238 e. The number of carbonyl (C=O) groups excluding carboxylic acids is 1. The maximum atomic E-state index is 11.8. The van der Waals surface area contributed by atoms with Crippen LogP contribution in [0, 0.1) is 13.8 Å². The minimum Gasteiger partial charge on any atom is -0.361 e. The summed E-state index contributed by atoms with van der Waals surface area (Å²) >= 11 is 5.90. The zero-order valence-electron chi connectivity index (χ0n) is 11.4. The zero-order valence-corrected chi connectivity index (χ0v) is 12.1. The molecule has 0 aliphatic heterocycles. The quantitative estimate of drug-likeness (QED) is 0.889. The van der Waals surface area contributed by atoms with Crippen LogP contribution in [0.4, 0.5) is 5.69 Å². The van der Waals surface area contributed by atoms with Crippen LogP contribution in [0.1, 0.15) is 17.0 Å². The molecule has 1 aromatic heterocycles. The minimum atomic E-state index is -0.129. The molecule has 0 spiro atoms. The Hall–Kier alpha value is -1.85. The summed E-state index contributed by atoms with van der Waals surface area (Å²) in [5.41, 5.74) is 2.46. The van der Waals surface area contributed by atoms with Gasteiger partial charge in [0.2, 0.25) is 5.91 Å². The summed E-state index contributed by atoms with van der Waals surface area (Å²) < 4.78 is 4.94. The van der Waals surface area contributed by atoms with Crippen molar-refractivity contribution in [3.05, 3.63) is 46.3 Å². The van der Waals surface area contributed by atoms with Gasteiger partial charge in [0.1, 0.15) is 5.76 Å². The Morgan fingerprint density at radius 1 is 1.35 bits per heavy atom. The molecule has 1 amide bonds. The number of hydrogen-bond donors (Lipinski definition) is 2. The van der Waals surface area contributed by atoms with Gasteiger partial charge in [0.15, 0.2) is 0 Å². The van der Waals surface area contributed by atoms with E-state index in [4.69, 9.17) is 16.1 Å². The number of hydrogen-bond acceptors (Lipinski definition) is 4. The summed E-state index contributed by atoms with van der Waals surface area (Å²) in [6.07, 6.45) is 0. The average molecular weight is 294 g/mol. The van der Waals surface area contributed by atoms with E-state index >= 15 is 0 Å². The van der Waals surface area contributed by atoms with Gasteiger partial charge < -0.3 is 15.2 Å². The third kappa shape index (κ3) is 4.08. The Labute approximate surface area is 122 Å². The van der Waals surface area contributed by atoms with Crippen LogP contribution in [0.3, 0.4) is 0 Å². The minimum absolute atomic E-state index is 0.129. The highest BCUT2D eigenvalue weighted by molar-refractivity contribution is 6.31. The molecule has 20 heavy (non-hydrogen) atoms. The van der Waals surface area contributed by atoms with Gasteiger partial charge in [-0.05, 0) is 31.5 Å². The van der Waals surface area contributed by atoms with Crippen molar-refractivity contribution in [2.24, 2.45) is 0 Å². The summed E-state index contributed by atoms with van der Waals surface area (Å²) in [7, 11) is 0. The molecule has 0 aliphatic rings. The maximum absolute atomic E-state index is 11.8. The molecule has 2 rings (SSSR count). The summed E-state index contributed by atoms with van der Waals surface area (Å²) in [5, 5.41) is 10.2. The van der Waals surface area contributed by atoms with E-state index in [0.717, 1.165) is 22.7 Å². The fraction of sp³-hybridized carbons (Fsp3) is 0.286. The first kappa shape index (κ1) is 14.6. The number of halogens is 1. The number of benzene rings is 1. The van der Waals surface area contributed by atoms with E-state index < -0.39 is 0 Å². The van der Waals surface area contributed by atoms with Crippen molar-refractivity contribution < 1.29 is 9.32 Å². The van der Waals surface area contributed by atoms with Gasteiger partial charge in [-0.3, -0.25) is 4.79 Å². The van der Waals surface area contributed by atoms with E-state index in [1.54, 1.807) is 12.1 Å². The normalized spacial score (nSPS) is 10.6. The van der Waals surface area contributed by atoms with Crippen LogP contribution >= 0.6 is 11.6 Å². The second-order valence-electron chi connectivity index (χ2n) is 4.54. The Morgan fingerprint density at radius 3 is 2.85 bits per heavy atom. The van der Waals surface area contributed by atoms with Crippen LogP contribution in [0.2, 0.25) is 5.02 Å². The lowest BCUT2D eigenvalue weighted by atomic mass is 10.2. The number of aromatic nitrogens is 1. The molecule has 1 heterocycles. The highest BCUT2D eigenvalue weighted by atomic mass is 35.5. The van der Waals surface area contributed by atoms with E-state index in [-0.39, 0.29) is 12.5 Å². The van der Waals surface area contributed by atoms with Gasteiger partial charge in [0, 0.05) is 23.3 Å². The average Bonchev–Trinajstić information content (AvgIpc) is 2.80. The van der Waals surface area contributed by atoms with Crippen molar-refractivity contribution in [1.29, 1.82) is 0 Å². The van der Waals surface area contributed by atoms with Crippen molar-refractivity contribution in [2.45, 2.75) is 20.4 Å². The molecule has 106 valence electrons. The third-order valence-corrected chi connectivity index (χ3v) is 2.98. The molecule has 0 saturated heterocycles. The molecule has 0 aliphatic carbocycles. The van der Waals surface area contributed by atoms with E-state index in [0.29, 0.717) is 11.6 Å². The number of amides is 1. The lowest BCUT2D eigenvalue weighted by Crippen LogP contribution is -2.28. The zero-order chi connectivity index (χ0) is 14.5. The van der Waals surface area contributed by atoms with Crippen LogP contribution in [0.15, 0.2) is 28.8 Å². The van der Waals surface area contributed by atoms with Crippen LogP contribution in [0.25, 0.3) is 0 Å². The first-order valence-electron chi connectivity index (χ1n) is 6.23. The number of carbonyl (C=O) groups is 1. The fourth-order valence-corrected chi connectivity index (χ4v) is 1.90. The highest BCUT2D eigenvalue weighted by Gasteiger charge is 2.06. The molecule has 2 aromatic rings. The van der Waals surface area contributed by atoms with Crippen molar-refractivity contribution in [3.63, 3.8) is 0 Å². The van der Waals surface area contributed by atoms with Crippen LogP contribution in [0.5, 0.6) is 0 Å². The second-order valence-corrected chi connectivity index (χ2v) is 4.98. The first-order valence-corrected chi connectivity index (χ1v) is 6.61. The van der Waals surface area contributed by atoms with Crippen LogP contribution in [-0.4, -0.2) is 17.6 Å². The molecule has 0 saturated carbocycles. The second kappa shape index (κ2) is 6.54. The standard InChI is InChI=1S/C14H16ClN3O2/c1-9-3-4-11(15)6-13(9)17-14(19)8-16-7-12-5-10(2)20-18-12/h3-6,16H,7-8H2,1-2H3,(H,17,19). The predicted octanol–water partition coefficient (Wildman–Crippen LogP) is 2.67. The number of nitrogens with one attached hydrogen (secondary N) is 2. The number of rotatable bonds is 5. The SMILES string of the molecule is Cc1cc(CNCC(=O)Nc2cc(Cl)ccc2C)no1. The molecule has 0 bridgehead atoms. The van der Waals surface area contributed by atoms with Gasteiger partial charge in [0.05, 0.1) is 12.2 Å². The molecular weight excluding hydrogens is 278 g/mol. The summed E-state index contributed by atoms with van der Waals surface area (Å²) in [6, 6.07) is 7.21. The molecule has 2 N–H and O–H groups in total. The van der Waals surface area contributed by atoms with Crippen LogP contribution in [-0.2, 0) is 11.3 Å². The third-order valence-electron chi connectivity index (χ3n) is 2.74. The Kier molecular flexibility index (Phi) is 4.76. The van der Waals surface area contributed by atoms with Gasteiger partial charge >= 0.3 is 0 Å². The summed E-state index contributed by atoms with van der Waals surface area (Å²) in [6.45, 7) is 4.42. The molecule has 0 unspecified atom stereocenters. The molecule has 5 nitrogen and oxygen atoms in total. The lowest BCUT2D eigenvalue weighted by molar-refractivity contribution is -0.115. The molecule has 1 aromatic carbocycles. The Balaban J connectivity index is 1.82. The van der Waals surface area contributed by atoms with Crippen molar-refractivity contribution >= 4 is 23.2 Å². The fourth-order valence-electron chi connectivity index (χ4n) is 1.73. The van der Waals surface area contributed by atoms with E-state index in [9.17, 15) is 4.79 Å². The van der Waals surface area contributed by atoms with Gasteiger partial charge in [-0.1, -0.05) is 22.8 Å². The van der Waals surface area contributed by atoms with E-state index in [1.807, 2.05) is 26.0 Å². The molecule has 0 atom stereocenters. The lowest BCUT2D eigenvalue weighted by Gasteiger charge is -2.09. The number of anilines is 1. The Morgan fingerprint density at radius 2 is 2.15 bits per heavy atom. The first-order chi connectivity index (χ1) is 9.54. The van der Waals surface area contributed by atoms with Gasteiger partial charge in [-0.25, -0.2) is 0 Å². The number of aryl methyl sites for hydroxylation is 2. The monoisotopic (exact) mass is 293 g/mol. The highest BCUT2D eigenvalue weighted by Crippen LogP contribution is 2.19. The smallest absolute Gasteiger partial charge is 0.238 e. The van der Waals surface area contributed by atoms with Gasteiger partial charge in [-0.15, -0.1) is 0 Å². The van der Waals surface area contributed by atoms with E-state index in [1.165, 1.54) is 0 Å². The van der Waals surface area contributed by atoms with Crippen molar-refractivity contribution in [3.8, 4) is 0 Å². The molecular formula is C14H16ClN3O2. The van der Waals surface area contributed by atoms with Gasteiger partial charge in [-0.2, -0.15) is 0 Å². The summed E-state index contributed by atoms with van der Waals surface area (Å²) in [4.78, 5) is 11.8. The molecule has 6 heteroatoms.